The van der Waals surface area contributed by atoms with Crippen LogP contribution in [0.15, 0.2) is 18.2 Å². The molecule has 0 aliphatic rings. The zero-order valence-corrected chi connectivity index (χ0v) is 9.36. The lowest BCUT2D eigenvalue weighted by atomic mass is 10.1. The zero-order valence-electron chi connectivity index (χ0n) is 9.36. The number of phenols is 1. The second-order valence-corrected chi connectivity index (χ2v) is 3.57. The number of amides is 1. The van der Waals surface area contributed by atoms with Crippen molar-refractivity contribution >= 4 is 11.6 Å². The van der Waals surface area contributed by atoms with Crippen molar-refractivity contribution in [2.45, 2.75) is 13.0 Å². The fourth-order valence-corrected chi connectivity index (χ4v) is 1.34. The van der Waals surface area contributed by atoms with E-state index in [4.69, 9.17) is 10.5 Å². The topological polar surface area (TPSA) is 84.6 Å². The molecule has 0 saturated carbocycles. The second kappa shape index (κ2) is 5.37. The molecule has 5 nitrogen and oxygen atoms in total. The molecular formula is C11H16N2O3. The van der Waals surface area contributed by atoms with E-state index in [1.165, 1.54) is 12.1 Å². The summed E-state index contributed by atoms with van der Waals surface area (Å²) in [7, 11) is 1.56. The van der Waals surface area contributed by atoms with Crippen molar-refractivity contribution in [1.29, 1.82) is 0 Å². The van der Waals surface area contributed by atoms with Gasteiger partial charge in [0.05, 0.1) is 17.9 Å². The van der Waals surface area contributed by atoms with Crippen LogP contribution in [0.2, 0.25) is 0 Å². The quantitative estimate of drug-likeness (QED) is 0.520. The molecule has 0 aliphatic heterocycles. The van der Waals surface area contributed by atoms with Crippen LogP contribution in [-0.4, -0.2) is 30.8 Å². The second-order valence-electron chi connectivity index (χ2n) is 3.57. The molecular weight excluding hydrogens is 208 g/mol. The Morgan fingerprint density at radius 1 is 1.62 bits per heavy atom. The number of hydrogen-bond acceptors (Lipinski definition) is 4. The van der Waals surface area contributed by atoms with Crippen LogP contribution in [0.4, 0.5) is 5.69 Å². The van der Waals surface area contributed by atoms with Gasteiger partial charge in [-0.15, -0.1) is 0 Å². The fourth-order valence-electron chi connectivity index (χ4n) is 1.34. The van der Waals surface area contributed by atoms with Crippen LogP contribution in [0.1, 0.15) is 17.3 Å². The summed E-state index contributed by atoms with van der Waals surface area (Å²) in [5.41, 5.74) is 5.85. The van der Waals surface area contributed by atoms with Gasteiger partial charge in [-0.1, -0.05) is 6.07 Å². The highest BCUT2D eigenvalue weighted by molar-refractivity contribution is 5.98. The monoisotopic (exact) mass is 224 g/mol. The van der Waals surface area contributed by atoms with Gasteiger partial charge in [-0.05, 0) is 19.1 Å². The number of hydrogen-bond donors (Lipinski definition) is 3. The lowest BCUT2D eigenvalue weighted by molar-refractivity contribution is 0.0903. The predicted octanol–water partition coefficient (Wildman–Crippen LogP) is 0.739. The third-order valence-corrected chi connectivity index (χ3v) is 2.11. The van der Waals surface area contributed by atoms with Crippen molar-refractivity contribution in [3.63, 3.8) is 0 Å². The minimum atomic E-state index is -0.366. The lowest BCUT2D eigenvalue weighted by Crippen LogP contribution is -2.35. The molecule has 1 unspecified atom stereocenters. The summed E-state index contributed by atoms with van der Waals surface area (Å²) in [6.07, 6.45) is 0. The molecule has 4 N–H and O–H groups in total. The maximum atomic E-state index is 11.7. The van der Waals surface area contributed by atoms with Gasteiger partial charge in [-0.3, -0.25) is 4.79 Å². The minimum absolute atomic E-state index is 0.127. The predicted molar refractivity (Wildman–Crippen MR) is 61.3 cm³/mol. The maximum Gasteiger partial charge on any atom is 0.255 e. The third kappa shape index (κ3) is 2.87. The summed E-state index contributed by atoms with van der Waals surface area (Å²) < 4.78 is 4.89. The summed E-state index contributed by atoms with van der Waals surface area (Å²) in [4.78, 5) is 11.7. The number of benzene rings is 1. The van der Waals surface area contributed by atoms with Crippen molar-refractivity contribution < 1.29 is 14.6 Å². The van der Waals surface area contributed by atoms with Crippen molar-refractivity contribution in [2.24, 2.45) is 0 Å². The minimum Gasteiger partial charge on any atom is -0.505 e. The van der Waals surface area contributed by atoms with Gasteiger partial charge < -0.3 is 20.9 Å². The fraction of sp³-hybridized carbons (Fsp3) is 0.364. The van der Waals surface area contributed by atoms with E-state index < -0.39 is 0 Å². The van der Waals surface area contributed by atoms with Crippen molar-refractivity contribution in [3.8, 4) is 5.75 Å². The van der Waals surface area contributed by atoms with E-state index in [0.29, 0.717) is 6.61 Å². The van der Waals surface area contributed by atoms with E-state index >= 15 is 0 Å². The molecule has 0 aliphatic carbocycles. The summed E-state index contributed by atoms with van der Waals surface area (Å²) in [5.74, 6) is -0.557. The number of nitrogens with two attached hydrogens (primary N) is 1. The van der Waals surface area contributed by atoms with Gasteiger partial charge in [0.25, 0.3) is 5.91 Å². The van der Waals surface area contributed by atoms with Gasteiger partial charge in [0.1, 0.15) is 0 Å². The summed E-state index contributed by atoms with van der Waals surface area (Å²) in [6.45, 7) is 2.22. The van der Waals surface area contributed by atoms with Gasteiger partial charge in [-0.2, -0.15) is 0 Å². The average Bonchev–Trinajstić information content (AvgIpc) is 2.22. The van der Waals surface area contributed by atoms with E-state index in [9.17, 15) is 9.90 Å². The zero-order chi connectivity index (χ0) is 12.1. The first kappa shape index (κ1) is 12.3. The van der Waals surface area contributed by atoms with Gasteiger partial charge in [-0.25, -0.2) is 0 Å². The molecule has 0 saturated heterocycles. The number of nitrogen functional groups attached to an aromatic ring is 1. The lowest BCUT2D eigenvalue weighted by Gasteiger charge is -2.13. The molecule has 0 radical (unpaired) electrons. The average molecular weight is 224 g/mol. The van der Waals surface area contributed by atoms with Crippen LogP contribution in [0.5, 0.6) is 5.75 Å². The highest BCUT2D eigenvalue weighted by Crippen LogP contribution is 2.24. The molecule has 1 aromatic rings. The normalized spacial score (nSPS) is 12.1. The van der Waals surface area contributed by atoms with Crippen molar-refractivity contribution in [1.82, 2.24) is 5.32 Å². The van der Waals surface area contributed by atoms with E-state index in [1.54, 1.807) is 13.2 Å². The molecule has 1 atom stereocenters. The number of rotatable bonds is 4. The molecule has 0 spiro atoms. The molecule has 0 heterocycles. The van der Waals surface area contributed by atoms with Crippen molar-refractivity contribution in [2.75, 3.05) is 19.5 Å². The number of carbonyl (C=O) groups is 1. The largest absolute Gasteiger partial charge is 0.505 e. The number of aromatic hydroxyl groups is 1. The Kier molecular flexibility index (Phi) is 4.13. The van der Waals surface area contributed by atoms with E-state index in [1.807, 2.05) is 6.92 Å². The molecule has 88 valence electrons. The van der Waals surface area contributed by atoms with Gasteiger partial charge in [0.15, 0.2) is 5.75 Å². The van der Waals surface area contributed by atoms with Gasteiger partial charge in [0.2, 0.25) is 0 Å². The number of phenolic OH excluding ortho intramolecular Hbond substituents is 1. The maximum absolute atomic E-state index is 11.7. The summed E-state index contributed by atoms with van der Waals surface area (Å²) in [5, 5.41) is 12.3. The summed E-state index contributed by atoms with van der Waals surface area (Å²) in [6, 6.07) is 4.54. The highest BCUT2D eigenvalue weighted by atomic mass is 16.5. The standard InChI is InChI=1S/C11H16N2O3/c1-7(6-16-2)13-11(15)8-4-3-5-9(12)10(8)14/h3-5,7,14H,6,12H2,1-2H3,(H,13,15). The van der Waals surface area contributed by atoms with Crippen LogP contribution in [0.3, 0.4) is 0 Å². The Balaban J connectivity index is 2.77. The van der Waals surface area contributed by atoms with Gasteiger partial charge >= 0.3 is 0 Å². The van der Waals surface area contributed by atoms with E-state index in [-0.39, 0.29) is 28.9 Å². The molecule has 0 fully saturated rings. The van der Waals surface area contributed by atoms with E-state index in [0.717, 1.165) is 0 Å². The molecule has 5 heteroatoms. The Hall–Kier alpha value is -1.75. The molecule has 0 bridgehead atoms. The molecule has 0 aromatic heterocycles. The van der Waals surface area contributed by atoms with Crippen LogP contribution in [-0.2, 0) is 4.74 Å². The highest BCUT2D eigenvalue weighted by Gasteiger charge is 2.14. The molecule has 1 aromatic carbocycles. The number of carbonyl (C=O) groups excluding carboxylic acids is 1. The van der Waals surface area contributed by atoms with E-state index in [2.05, 4.69) is 5.32 Å². The molecule has 1 rings (SSSR count). The number of ether oxygens (including phenoxy) is 1. The third-order valence-electron chi connectivity index (χ3n) is 2.11. The van der Waals surface area contributed by atoms with Crippen LogP contribution in [0, 0.1) is 0 Å². The SMILES string of the molecule is COCC(C)NC(=O)c1cccc(N)c1O. The molecule has 1 amide bonds. The summed E-state index contributed by atoms with van der Waals surface area (Å²) >= 11 is 0. The number of para-hydroxylation sites is 1. The Bertz CT molecular complexity index is 379. The first-order chi connectivity index (χ1) is 7.56. The Morgan fingerprint density at radius 2 is 2.31 bits per heavy atom. The van der Waals surface area contributed by atoms with Crippen LogP contribution in [0.25, 0.3) is 0 Å². The van der Waals surface area contributed by atoms with Crippen LogP contribution >= 0.6 is 0 Å². The number of nitrogens with one attached hydrogen (secondary N) is 1. The van der Waals surface area contributed by atoms with Gasteiger partial charge in [0, 0.05) is 13.2 Å². The number of methoxy groups -OCH3 is 1. The molecule has 16 heavy (non-hydrogen) atoms. The smallest absolute Gasteiger partial charge is 0.255 e. The van der Waals surface area contributed by atoms with Crippen LogP contribution < -0.4 is 11.1 Å². The Morgan fingerprint density at radius 3 is 2.94 bits per heavy atom. The first-order valence-corrected chi connectivity index (χ1v) is 4.93. The number of anilines is 1. The first-order valence-electron chi connectivity index (χ1n) is 4.93. The van der Waals surface area contributed by atoms with Crippen molar-refractivity contribution in [3.05, 3.63) is 23.8 Å². The Labute approximate surface area is 94.2 Å².